The lowest BCUT2D eigenvalue weighted by Crippen LogP contribution is -2.61. The Balaban J connectivity index is 1.44. The second kappa shape index (κ2) is 11.1. The van der Waals surface area contributed by atoms with Crippen LogP contribution in [0.2, 0.25) is 0 Å². The summed E-state index contributed by atoms with van der Waals surface area (Å²) in [6.45, 7) is 4.18. The van der Waals surface area contributed by atoms with Gasteiger partial charge in [-0.05, 0) is 79.3 Å². The van der Waals surface area contributed by atoms with Crippen molar-refractivity contribution in [3.8, 4) is 5.75 Å². The fraction of sp³-hybridized carbons (Fsp3) is 0.571. The van der Waals surface area contributed by atoms with E-state index in [0.717, 1.165) is 0 Å². The van der Waals surface area contributed by atoms with Gasteiger partial charge in [0.25, 0.3) is 0 Å². The minimum Gasteiger partial charge on any atom is -0.497 e. The molecule has 0 spiro atoms. The number of methoxy groups -OCH3 is 1. The number of aliphatic hydroxyl groups is 2. The highest BCUT2D eigenvalue weighted by molar-refractivity contribution is 5.84. The largest absolute Gasteiger partial charge is 0.497 e. The van der Waals surface area contributed by atoms with Gasteiger partial charge >= 0.3 is 6.09 Å². The summed E-state index contributed by atoms with van der Waals surface area (Å²) in [5.74, 6) is 0.888. The average Bonchev–Trinajstić information content (AvgIpc) is 3.41. The van der Waals surface area contributed by atoms with Crippen LogP contribution in [0, 0.1) is 22.7 Å². The van der Waals surface area contributed by atoms with E-state index in [0.29, 0.717) is 49.4 Å². The van der Waals surface area contributed by atoms with Crippen LogP contribution in [0.5, 0.6) is 5.75 Å². The Kier molecular flexibility index (Phi) is 8.14. The molecule has 2 fully saturated rings. The summed E-state index contributed by atoms with van der Waals surface area (Å²) in [5, 5.41) is 27.2. The monoisotopic (exact) mass is 514 g/mol. The van der Waals surface area contributed by atoms with Gasteiger partial charge < -0.3 is 29.4 Å². The fourth-order valence-electron chi connectivity index (χ4n) is 6.60. The van der Waals surface area contributed by atoms with Crippen LogP contribution in [-0.2, 0) is 16.1 Å². The maximum absolute atomic E-state index is 12.8. The number of amides is 2. The van der Waals surface area contributed by atoms with E-state index in [1.165, 1.54) is 0 Å². The van der Waals surface area contributed by atoms with E-state index < -0.39 is 29.1 Å². The molecule has 202 valence electrons. The molecule has 37 heavy (non-hydrogen) atoms. The zero-order valence-corrected chi connectivity index (χ0v) is 21.7. The topological polar surface area (TPSA) is 130 Å². The Morgan fingerprint density at radius 1 is 1.14 bits per heavy atom. The molecular weight excluding hydrogens is 476 g/mol. The van der Waals surface area contributed by atoms with Gasteiger partial charge in [0.2, 0.25) is 5.91 Å². The van der Waals surface area contributed by atoms with Crippen molar-refractivity contribution in [3.05, 3.63) is 48.4 Å². The minimum atomic E-state index is -0.715. The number of aliphatic hydroxyl groups excluding tert-OH is 2. The summed E-state index contributed by atoms with van der Waals surface area (Å²) in [6, 6.07) is 10.5. The van der Waals surface area contributed by atoms with Gasteiger partial charge in [-0.25, -0.2) is 4.79 Å². The van der Waals surface area contributed by atoms with Gasteiger partial charge in [0.1, 0.15) is 17.6 Å². The lowest BCUT2D eigenvalue weighted by molar-refractivity contribution is -0.185. The molecule has 1 heterocycles. The number of carbonyl (C=O) groups excluding carboxylic acids is 2. The third-order valence-corrected chi connectivity index (χ3v) is 8.71. The highest BCUT2D eigenvalue weighted by Crippen LogP contribution is 2.61. The number of hydrogen-bond acceptors (Lipinski definition) is 7. The number of benzene rings is 1. The van der Waals surface area contributed by atoms with E-state index in [9.17, 15) is 19.8 Å². The summed E-state index contributed by atoms with van der Waals surface area (Å²) in [4.78, 5) is 25.6. The number of rotatable bonds is 8. The van der Waals surface area contributed by atoms with Crippen molar-refractivity contribution in [2.75, 3.05) is 19.0 Å². The number of anilines is 1. The van der Waals surface area contributed by atoms with Gasteiger partial charge in [-0.15, -0.1) is 0 Å². The maximum atomic E-state index is 12.8. The fourth-order valence-corrected chi connectivity index (χ4v) is 6.60. The average molecular weight is 515 g/mol. The molecule has 1 aromatic heterocycles. The van der Waals surface area contributed by atoms with Crippen LogP contribution in [0.25, 0.3) is 0 Å². The molecule has 2 saturated carbocycles. The minimum absolute atomic E-state index is 0.0381. The third-order valence-electron chi connectivity index (χ3n) is 8.71. The number of ether oxygens (including phenoxy) is 2. The van der Waals surface area contributed by atoms with Crippen molar-refractivity contribution in [3.63, 3.8) is 0 Å². The van der Waals surface area contributed by atoms with E-state index in [1.807, 2.05) is 6.92 Å². The first-order valence-corrected chi connectivity index (χ1v) is 12.9. The van der Waals surface area contributed by atoms with Gasteiger partial charge in [0.05, 0.1) is 32.6 Å². The van der Waals surface area contributed by atoms with Crippen LogP contribution in [0.15, 0.2) is 47.1 Å². The number of hydrogen-bond donors (Lipinski definition) is 4. The molecule has 2 aliphatic carbocycles. The molecule has 0 saturated heterocycles. The van der Waals surface area contributed by atoms with E-state index in [2.05, 4.69) is 17.6 Å². The van der Waals surface area contributed by atoms with Gasteiger partial charge in [-0.2, -0.15) is 0 Å². The molecule has 0 radical (unpaired) electrons. The molecule has 9 heteroatoms. The molecule has 2 amide bonds. The van der Waals surface area contributed by atoms with Gasteiger partial charge in [-0.1, -0.05) is 13.8 Å². The molecule has 9 nitrogen and oxygen atoms in total. The molecule has 1 aromatic carbocycles. The number of nitrogens with one attached hydrogen (secondary N) is 2. The van der Waals surface area contributed by atoms with Gasteiger partial charge in [0, 0.05) is 17.5 Å². The first kappa shape index (κ1) is 27.0. The lowest BCUT2D eigenvalue weighted by atomic mass is 9.46. The molecule has 4 N–H and O–H groups in total. The van der Waals surface area contributed by atoms with Crippen LogP contribution in [-0.4, -0.2) is 48.1 Å². The predicted molar refractivity (Wildman–Crippen MR) is 137 cm³/mol. The van der Waals surface area contributed by atoms with Gasteiger partial charge in [0.15, 0.2) is 0 Å². The number of fused-ring (bicyclic) bond motifs is 1. The summed E-state index contributed by atoms with van der Waals surface area (Å²) in [5.41, 5.74) is -0.532. The van der Waals surface area contributed by atoms with E-state index in [1.54, 1.807) is 49.8 Å². The van der Waals surface area contributed by atoms with Crippen molar-refractivity contribution >= 4 is 17.7 Å². The zero-order valence-electron chi connectivity index (χ0n) is 21.7. The standard InChI is InChI=1S/C28H38N2O7/c1-27-13-12-24(37-26(34)30-18-6-8-19(35-3)9-7-18)28(2,17-31)23(27)11-10-22(32)21(27)15-25(33)29-16-20-5-4-14-36-20/h4-9,14,21-24,31-32H,10-13,15-17H2,1-3H3,(H,29,33)(H,30,34)/t21-,22-,23?,24-,27+,28+/m1/s1. The van der Waals surface area contributed by atoms with Crippen LogP contribution in [0.1, 0.15) is 51.7 Å². The molecular formula is C28H38N2O7. The SMILES string of the molecule is COc1ccc(NC(=O)O[C@@H]2CC[C@]3(C)C(CC[C@@H](O)[C@H]3CC(=O)NCc3ccco3)[C@]2(C)CO)cc1. The number of carbonyl (C=O) groups is 2. The Morgan fingerprint density at radius 2 is 1.89 bits per heavy atom. The Labute approximate surface area is 217 Å². The summed E-state index contributed by atoms with van der Waals surface area (Å²) >= 11 is 0. The molecule has 0 bridgehead atoms. The van der Waals surface area contributed by atoms with Crippen LogP contribution >= 0.6 is 0 Å². The number of furan rings is 1. The lowest BCUT2D eigenvalue weighted by Gasteiger charge is -2.60. The third kappa shape index (κ3) is 5.62. The molecule has 1 unspecified atom stereocenters. The first-order chi connectivity index (χ1) is 17.7. The second-order valence-electron chi connectivity index (χ2n) is 10.8. The summed E-state index contributed by atoms with van der Waals surface area (Å²) in [6.07, 6.45) is 2.44. The molecule has 2 aromatic rings. The van der Waals surface area contributed by atoms with Crippen molar-refractivity contribution in [1.82, 2.24) is 5.32 Å². The summed E-state index contributed by atoms with van der Waals surface area (Å²) in [7, 11) is 1.57. The van der Waals surface area contributed by atoms with Crippen LogP contribution in [0.4, 0.5) is 10.5 Å². The second-order valence-corrected chi connectivity index (χ2v) is 10.8. The normalized spacial score (nSPS) is 31.2. The first-order valence-electron chi connectivity index (χ1n) is 12.9. The highest BCUT2D eigenvalue weighted by Gasteiger charge is 2.60. The van der Waals surface area contributed by atoms with Crippen LogP contribution in [0.3, 0.4) is 0 Å². The zero-order chi connectivity index (χ0) is 26.6. The highest BCUT2D eigenvalue weighted by atomic mass is 16.6. The predicted octanol–water partition coefficient (Wildman–Crippen LogP) is 4.10. The van der Waals surface area contributed by atoms with E-state index in [4.69, 9.17) is 13.9 Å². The summed E-state index contributed by atoms with van der Waals surface area (Å²) < 4.78 is 16.3. The van der Waals surface area contributed by atoms with Crippen LogP contribution < -0.4 is 15.4 Å². The van der Waals surface area contributed by atoms with Crippen molar-refractivity contribution in [2.24, 2.45) is 22.7 Å². The Bertz CT molecular complexity index is 1060. The van der Waals surface area contributed by atoms with E-state index >= 15 is 0 Å². The molecule has 6 atom stereocenters. The van der Waals surface area contributed by atoms with Crippen molar-refractivity contribution in [1.29, 1.82) is 0 Å². The maximum Gasteiger partial charge on any atom is 0.411 e. The molecule has 0 aliphatic heterocycles. The van der Waals surface area contributed by atoms with Gasteiger partial charge in [-0.3, -0.25) is 10.1 Å². The van der Waals surface area contributed by atoms with Crippen molar-refractivity contribution in [2.45, 2.75) is 64.7 Å². The molecule has 4 rings (SSSR count). The Hall–Kier alpha value is -3.04. The Morgan fingerprint density at radius 3 is 2.54 bits per heavy atom. The quantitative estimate of drug-likeness (QED) is 0.417. The van der Waals surface area contributed by atoms with E-state index in [-0.39, 0.29) is 30.8 Å². The van der Waals surface area contributed by atoms with Crippen molar-refractivity contribution < 1.29 is 33.7 Å². The molecule has 2 aliphatic rings. The smallest absolute Gasteiger partial charge is 0.411 e.